The van der Waals surface area contributed by atoms with Crippen molar-refractivity contribution in [3.8, 4) is 0 Å². The maximum atomic E-state index is 14.1. The molecule has 2 aliphatic rings. The summed E-state index contributed by atoms with van der Waals surface area (Å²) in [6.07, 6.45) is 2.76. The highest BCUT2D eigenvalue weighted by Gasteiger charge is 2.46. The molecular formula is C42H63N9O7. The molecule has 0 aromatic heterocycles. The number of unbranched alkanes of at least 4 members (excludes halogenated alkanes) is 1. The van der Waals surface area contributed by atoms with E-state index in [1.807, 2.05) is 74.5 Å². The van der Waals surface area contributed by atoms with Crippen LogP contribution in [0.3, 0.4) is 0 Å². The molecule has 16 nitrogen and oxygen atoms in total. The Labute approximate surface area is 341 Å². The van der Waals surface area contributed by atoms with Crippen molar-refractivity contribution in [2.45, 2.75) is 113 Å². The number of carbonyl (C=O) groups excluding carboxylic acids is 5. The Balaban J connectivity index is 1.44. The summed E-state index contributed by atoms with van der Waals surface area (Å²) >= 11 is 0. The Bertz CT molecular complexity index is 1690. The van der Waals surface area contributed by atoms with E-state index in [9.17, 15) is 33.9 Å². The first-order chi connectivity index (χ1) is 27.5. The molecule has 0 radical (unpaired) electrons. The van der Waals surface area contributed by atoms with E-state index in [1.165, 1.54) is 0 Å². The molecule has 4 atom stereocenters. The minimum atomic E-state index is -1.38. The van der Waals surface area contributed by atoms with Crippen molar-refractivity contribution in [3.63, 3.8) is 0 Å². The lowest BCUT2D eigenvalue weighted by Gasteiger charge is -2.44. The summed E-state index contributed by atoms with van der Waals surface area (Å²) in [5, 5.41) is 18.1. The second kappa shape index (κ2) is 21.2. The molecule has 0 saturated carbocycles. The van der Waals surface area contributed by atoms with Crippen LogP contribution in [0, 0.1) is 5.92 Å². The molecule has 0 bridgehead atoms. The van der Waals surface area contributed by atoms with Gasteiger partial charge in [-0.3, -0.25) is 28.8 Å². The molecule has 2 heterocycles. The van der Waals surface area contributed by atoms with E-state index >= 15 is 0 Å². The Hall–Kier alpha value is -4.90. The maximum Gasteiger partial charge on any atom is 0.323 e. The summed E-state index contributed by atoms with van der Waals surface area (Å²) in [4.78, 5) is 83.8. The van der Waals surface area contributed by atoms with Crippen LogP contribution in [0.15, 0.2) is 60.7 Å². The van der Waals surface area contributed by atoms with E-state index in [-0.39, 0.29) is 88.9 Å². The summed E-state index contributed by atoms with van der Waals surface area (Å²) in [5.41, 5.74) is 23.7. The van der Waals surface area contributed by atoms with Gasteiger partial charge in [-0.25, -0.2) is 0 Å². The van der Waals surface area contributed by atoms with Crippen molar-refractivity contribution in [1.29, 1.82) is 0 Å². The zero-order chi connectivity index (χ0) is 42.5. The third-order valence-corrected chi connectivity index (χ3v) is 11.2. The molecule has 2 aromatic rings. The Morgan fingerprint density at radius 2 is 1.16 bits per heavy atom. The van der Waals surface area contributed by atoms with Crippen LogP contribution >= 0.6 is 0 Å². The number of likely N-dealkylation sites (tertiary alicyclic amines) is 2. The highest BCUT2D eigenvalue weighted by Crippen LogP contribution is 2.27. The fraction of sp³-hybridized carbons (Fsp3) is 0.571. The summed E-state index contributed by atoms with van der Waals surface area (Å²) in [6, 6.07) is 14.6. The number of nitrogens with one attached hydrogen (secondary N) is 3. The minimum absolute atomic E-state index is 0.0217. The van der Waals surface area contributed by atoms with E-state index in [0.717, 1.165) is 11.1 Å². The quantitative estimate of drug-likeness (QED) is 0.0886. The second-order valence-electron chi connectivity index (χ2n) is 16.3. The number of carbonyl (C=O) groups is 6. The average Bonchev–Trinajstić information content (AvgIpc) is 3.20. The molecule has 2 aliphatic heterocycles. The van der Waals surface area contributed by atoms with Gasteiger partial charge in [0.2, 0.25) is 29.5 Å². The third-order valence-electron chi connectivity index (χ3n) is 11.2. The van der Waals surface area contributed by atoms with Gasteiger partial charge in [0.05, 0.1) is 11.6 Å². The molecule has 318 valence electrons. The third kappa shape index (κ3) is 12.8. The van der Waals surface area contributed by atoms with Crippen molar-refractivity contribution < 1.29 is 33.9 Å². The molecule has 0 aliphatic carbocycles. The van der Waals surface area contributed by atoms with Crippen LogP contribution in [0.4, 0.5) is 0 Å². The number of nitrogens with zero attached hydrogens (tertiary/aromatic N) is 2. The predicted octanol–water partition coefficient (Wildman–Crippen LogP) is 0.153. The monoisotopic (exact) mass is 805 g/mol. The first kappa shape index (κ1) is 45.8. The fourth-order valence-corrected chi connectivity index (χ4v) is 7.49. The number of nitrogens with two attached hydrogens (primary N) is 4. The number of rotatable bonds is 19. The highest BCUT2D eigenvalue weighted by molar-refractivity contribution is 5.95. The van der Waals surface area contributed by atoms with Gasteiger partial charge in [0, 0.05) is 32.6 Å². The predicted molar refractivity (Wildman–Crippen MR) is 220 cm³/mol. The second-order valence-corrected chi connectivity index (χ2v) is 16.3. The van der Waals surface area contributed by atoms with Crippen molar-refractivity contribution >= 4 is 35.5 Å². The van der Waals surface area contributed by atoms with Crippen LogP contribution in [-0.4, -0.2) is 118 Å². The normalized spacial score (nSPS) is 18.3. The van der Waals surface area contributed by atoms with Crippen molar-refractivity contribution in [2.24, 2.45) is 28.9 Å². The van der Waals surface area contributed by atoms with Crippen LogP contribution in [0.1, 0.15) is 76.3 Å². The van der Waals surface area contributed by atoms with E-state index in [1.54, 1.807) is 9.80 Å². The van der Waals surface area contributed by atoms with Gasteiger partial charge in [-0.05, 0) is 81.4 Å². The summed E-state index contributed by atoms with van der Waals surface area (Å²) in [5.74, 6) is -3.36. The van der Waals surface area contributed by atoms with Crippen LogP contribution in [-0.2, 0) is 41.6 Å². The van der Waals surface area contributed by atoms with Gasteiger partial charge in [-0.15, -0.1) is 0 Å². The molecule has 12 N–H and O–H groups in total. The number of carboxylic acids is 1. The lowest BCUT2D eigenvalue weighted by molar-refractivity contribution is -0.150. The standard InChI is InChI=1S/C42H63N9O7/c1-28(2)25-33(49-37(54)34(27-30-13-7-4-8-14-30)48-35(52)31(44)26-29-11-5-3-6-12-29)36(53)47-32(15-9-10-20-43)38(55)50-21-16-41(45,17-22-50)39(56)51-23-18-42(46,19-24-51)40(57)58/h3-8,11-14,28,31-34H,9-10,15-27,43-46H2,1-2H3,(H,47,53)(H,48,52)(H,49,54)(H,57,58)/t31-,32-,33-,34-/m1/s1. The minimum Gasteiger partial charge on any atom is -0.480 e. The van der Waals surface area contributed by atoms with Gasteiger partial charge in [0.15, 0.2) is 0 Å². The molecule has 58 heavy (non-hydrogen) atoms. The molecule has 2 saturated heterocycles. The molecule has 0 spiro atoms. The largest absolute Gasteiger partial charge is 0.480 e. The molecule has 2 fully saturated rings. The number of aliphatic carboxylic acids is 1. The molecule has 16 heteroatoms. The molecule has 2 aromatic carbocycles. The zero-order valence-electron chi connectivity index (χ0n) is 33.9. The smallest absolute Gasteiger partial charge is 0.323 e. The number of hydrogen-bond acceptors (Lipinski definition) is 10. The molecule has 4 rings (SSSR count). The maximum absolute atomic E-state index is 14.1. The number of carboxylic acid groups (broad SMARTS) is 1. The number of benzene rings is 2. The van der Waals surface area contributed by atoms with Gasteiger partial charge in [0.25, 0.3) is 0 Å². The van der Waals surface area contributed by atoms with E-state index in [2.05, 4.69) is 16.0 Å². The fourth-order valence-electron chi connectivity index (χ4n) is 7.49. The SMILES string of the molecule is CC(C)C[C@@H](NC(=O)[C@@H](Cc1ccccc1)NC(=O)[C@H](N)Cc1ccccc1)C(=O)N[C@H](CCCCN)C(=O)N1CCC(N)(C(=O)N2CCC(N)(C(=O)O)CC2)CC1. The van der Waals surface area contributed by atoms with Crippen molar-refractivity contribution in [2.75, 3.05) is 32.7 Å². The van der Waals surface area contributed by atoms with Crippen LogP contribution < -0.4 is 38.9 Å². The summed E-state index contributed by atoms with van der Waals surface area (Å²) in [6.45, 7) is 4.93. The highest BCUT2D eigenvalue weighted by atomic mass is 16.4. The van der Waals surface area contributed by atoms with Crippen LogP contribution in [0.25, 0.3) is 0 Å². The van der Waals surface area contributed by atoms with Crippen LogP contribution in [0.5, 0.6) is 0 Å². The Kier molecular flexibility index (Phi) is 16.7. The number of amides is 5. The van der Waals surface area contributed by atoms with Crippen molar-refractivity contribution in [3.05, 3.63) is 71.8 Å². The average molecular weight is 806 g/mol. The molecular weight excluding hydrogens is 743 g/mol. The first-order valence-corrected chi connectivity index (χ1v) is 20.4. The number of piperidine rings is 2. The first-order valence-electron chi connectivity index (χ1n) is 20.4. The van der Waals surface area contributed by atoms with Gasteiger partial charge < -0.3 is 53.8 Å². The van der Waals surface area contributed by atoms with Gasteiger partial charge in [-0.2, -0.15) is 0 Å². The summed E-state index contributed by atoms with van der Waals surface area (Å²) in [7, 11) is 0. The van der Waals surface area contributed by atoms with Gasteiger partial charge in [0.1, 0.15) is 23.7 Å². The lowest BCUT2D eigenvalue weighted by atomic mass is 9.84. The molecule has 5 amide bonds. The van der Waals surface area contributed by atoms with E-state index in [0.29, 0.717) is 25.8 Å². The van der Waals surface area contributed by atoms with Gasteiger partial charge >= 0.3 is 5.97 Å². The Morgan fingerprint density at radius 3 is 1.69 bits per heavy atom. The number of hydrogen-bond donors (Lipinski definition) is 8. The summed E-state index contributed by atoms with van der Waals surface area (Å²) < 4.78 is 0. The Morgan fingerprint density at radius 1 is 0.672 bits per heavy atom. The lowest BCUT2D eigenvalue weighted by Crippen LogP contribution is -2.65. The van der Waals surface area contributed by atoms with Crippen LogP contribution in [0.2, 0.25) is 0 Å². The zero-order valence-corrected chi connectivity index (χ0v) is 33.9. The topological polar surface area (TPSA) is 269 Å². The van der Waals surface area contributed by atoms with E-state index < -0.39 is 58.9 Å². The van der Waals surface area contributed by atoms with E-state index in [4.69, 9.17) is 22.9 Å². The van der Waals surface area contributed by atoms with Gasteiger partial charge in [-0.1, -0.05) is 74.5 Å². The van der Waals surface area contributed by atoms with Crippen molar-refractivity contribution in [1.82, 2.24) is 25.8 Å². The molecule has 0 unspecified atom stereocenters.